The van der Waals surface area contributed by atoms with Gasteiger partial charge < -0.3 is 14.8 Å². The lowest BCUT2D eigenvalue weighted by Crippen LogP contribution is -2.36. The third-order valence-electron chi connectivity index (χ3n) is 1.59. The summed E-state index contributed by atoms with van der Waals surface area (Å²) in [5.41, 5.74) is 0. The summed E-state index contributed by atoms with van der Waals surface area (Å²) >= 11 is 5.60. The molecule has 0 spiro atoms. The fraction of sp³-hybridized carbons (Fsp3) is 0.750. The number of rotatable bonds is 3. The Balaban J connectivity index is 2.16. The molecule has 1 fully saturated rings. The molecular weight excluding hydrogens is 178 g/mol. The number of halogens is 1. The molecule has 1 aliphatic rings. The summed E-state index contributed by atoms with van der Waals surface area (Å²) in [5, 5.41) is 3.79. The zero-order chi connectivity index (χ0) is 8.81. The standard InChI is InChI=1S/C8H14ClNO2/c1-7(9)4-10-8-5-11-2-3-12-6-8/h8,10H,1-6H2. The monoisotopic (exact) mass is 191 g/mol. The molecule has 12 heavy (non-hydrogen) atoms. The molecule has 3 nitrogen and oxygen atoms in total. The Labute approximate surface area is 77.7 Å². The molecule has 0 bridgehead atoms. The van der Waals surface area contributed by atoms with Crippen LogP contribution in [0.4, 0.5) is 0 Å². The van der Waals surface area contributed by atoms with Crippen LogP contribution in [0.15, 0.2) is 11.6 Å². The third-order valence-corrected chi connectivity index (χ3v) is 1.73. The Morgan fingerprint density at radius 2 is 2.00 bits per heavy atom. The van der Waals surface area contributed by atoms with Gasteiger partial charge in [-0.25, -0.2) is 0 Å². The Bertz CT molecular complexity index is 144. The zero-order valence-electron chi connectivity index (χ0n) is 7.01. The predicted octanol–water partition coefficient (Wildman–Crippen LogP) is 0.744. The van der Waals surface area contributed by atoms with Gasteiger partial charge in [0.25, 0.3) is 0 Å². The summed E-state index contributed by atoms with van der Waals surface area (Å²) in [5.74, 6) is 0. The molecule has 0 radical (unpaired) electrons. The maximum absolute atomic E-state index is 5.60. The average molecular weight is 192 g/mol. The molecule has 0 amide bonds. The second-order valence-electron chi connectivity index (χ2n) is 2.74. The minimum absolute atomic E-state index is 0.239. The number of ether oxygens (including phenoxy) is 2. The first-order valence-electron chi connectivity index (χ1n) is 4.01. The second kappa shape index (κ2) is 5.54. The van der Waals surface area contributed by atoms with Crippen LogP contribution in [0.5, 0.6) is 0 Å². The van der Waals surface area contributed by atoms with Crippen LogP contribution in [-0.2, 0) is 9.47 Å². The topological polar surface area (TPSA) is 30.5 Å². The van der Waals surface area contributed by atoms with Gasteiger partial charge in [0.15, 0.2) is 0 Å². The van der Waals surface area contributed by atoms with Crippen molar-refractivity contribution < 1.29 is 9.47 Å². The molecule has 0 unspecified atom stereocenters. The Hall–Kier alpha value is -0.0900. The van der Waals surface area contributed by atoms with Crippen LogP contribution in [-0.4, -0.2) is 39.0 Å². The van der Waals surface area contributed by atoms with Gasteiger partial charge in [-0.2, -0.15) is 0 Å². The lowest BCUT2D eigenvalue weighted by Gasteiger charge is -2.14. The SMILES string of the molecule is C=C(Cl)CNC1COCCOC1. The first-order valence-corrected chi connectivity index (χ1v) is 4.39. The van der Waals surface area contributed by atoms with Crippen molar-refractivity contribution in [1.82, 2.24) is 5.32 Å². The molecule has 0 saturated carbocycles. The van der Waals surface area contributed by atoms with Gasteiger partial charge in [-0.05, 0) is 0 Å². The van der Waals surface area contributed by atoms with E-state index in [-0.39, 0.29) is 6.04 Å². The third kappa shape index (κ3) is 4.07. The van der Waals surface area contributed by atoms with E-state index in [9.17, 15) is 0 Å². The van der Waals surface area contributed by atoms with Gasteiger partial charge >= 0.3 is 0 Å². The Kier molecular flexibility index (Phi) is 4.61. The van der Waals surface area contributed by atoms with E-state index in [4.69, 9.17) is 21.1 Å². The molecule has 4 heteroatoms. The van der Waals surface area contributed by atoms with Crippen LogP contribution in [0.3, 0.4) is 0 Å². The highest BCUT2D eigenvalue weighted by Gasteiger charge is 2.11. The van der Waals surface area contributed by atoms with Crippen molar-refractivity contribution in [3.63, 3.8) is 0 Å². The minimum Gasteiger partial charge on any atom is -0.377 e. The van der Waals surface area contributed by atoms with Crippen molar-refractivity contribution in [2.75, 3.05) is 33.0 Å². The summed E-state index contributed by atoms with van der Waals surface area (Å²) in [6.07, 6.45) is 0. The normalized spacial score (nSPS) is 20.4. The maximum Gasteiger partial charge on any atom is 0.0701 e. The Morgan fingerprint density at radius 1 is 1.42 bits per heavy atom. The fourth-order valence-electron chi connectivity index (χ4n) is 0.990. The van der Waals surface area contributed by atoms with Crippen molar-refractivity contribution >= 4 is 11.6 Å². The molecule has 1 saturated heterocycles. The first kappa shape index (κ1) is 9.99. The van der Waals surface area contributed by atoms with Crippen LogP contribution in [0.2, 0.25) is 0 Å². The van der Waals surface area contributed by atoms with Gasteiger partial charge in [-0.3, -0.25) is 0 Å². The molecular formula is C8H14ClNO2. The largest absolute Gasteiger partial charge is 0.377 e. The van der Waals surface area contributed by atoms with Crippen LogP contribution in [0, 0.1) is 0 Å². The van der Waals surface area contributed by atoms with Crippen LogP contribution < -0.4 is 5.32 Å². The van der Waals surface area contributed by atoms with Gasteiger partial charge in [0.05, 0.1) is 32.5 Å². The van der Waals surface area contributed by atoms with Crippen molar-refractivity contribution in [2.45, 2.75) is 6.04 Å². The van der Waals surface area contributed by atoms with Crippen molar-refractivity contribution in [3.8, 4) is 0 Å². The fourth-order valence-corrected chi connectivity index (χ4v) is 1.07. The van der Waals surface area contributed by atoms with Crippen molar-refractivity contribution in [3.05, 3.63) is 11.6 Å². The van der Waals surface area contributed by atoms with E-state index in [1.165, 1.54) is 0 Å². The van der Waals surface area contributed by atoms with E-state index in [1.807, 2.05) is 0 Å². The quantitative estimate of drug-likeness (QED) is 0.714. The molecule has 0 aromatic rings. The van der Waals surface area contributed by atoms with E-state index in [0.717, 1.165) is 0 Å². The molecule has 0 atom stereocenters. The molecule has 0 aliphatic carbocycles. The van der Waals surface area contributed by atoms with Gasteiger partial charge in [0.2, 0.25) is 0 Å². The van der Waals surface area contributed by atoms with Crippen LogP contribution in [0.25, 0.3) is 0 Å². The molecule has 0 aromatic carbocycles. The second-order valence-corrected chi connectivity index (χ2v) is 3.28. The maximum atomic E-state index is 5.60. The minimum atomic E-state index is 0.239. The lowest BCUT2D eigenvalue weighted by atomic mass is 10.3. The van der Waals surface area contributed by atoms with Gasteiger partial charge in [0, 0.05) is 11.6 Å². The number of hydrogen-bond acceptors (Lipinski definition) is 3. The van der Waals surface area contributed by atoms with E-state index in [2.05, 4.69) is 11.9 Å². The van der Waals surface area contributed by atoms with E-state index < -0.39 is 0 Å². The first-order chi connectivity index (χ1) is 5.79. The number of hydrogen-bond donors (Lipinski definition) is 1. The van der Waals surface area contributed by atoms with Gasteiger partial charge in [0.1, 0.15) is 0 Å². The zero-order valence-corrected chi connectivity index (χ0v) is 7.77. The van der Waals surface area contributed by atoms with E-state index in [1.54, 1.807) is 0 Å². The molecule has 70 valence electrons. The predicted molar refractivity (Wildman–Crippen MR) is 48.4 cm³/mol. The van der Waals surface area contributed by atoms with E-state index >= 15 is 0 Å². The summed E-state index contributed by atoms with van der Waals surface area (Å²) < 4.78 is 10.6. The van der Waals surface area contributed by atoms with Crippen LogP contribution in [0.1, 0.15) is 0 Å². The summed E-state index contributed by atoms with van der Waals surface area (Å²) in [6, 6.07) is 0.239. The van der Waals surface area contributed by atoms with E-state index in [0.29, 0.717) is 38.0 Å². The molecule has 1 rings (SSSR count). The van der Waals surface area contributed by atoms with Crippen molar-refractivity contribution in [2.24, 2.45) is 0 Å². The Morgan fingerprint density at radius 3 is 2.50 bits per heavy atom. The highest BCUT2D eigenvalue weighted by Crippen LogP contribution is 1.98. The highest BCUT2D eigenvalue weighted by molar-refractivity contribution is 6.29. The number of nitrogens with one attached hydrogen (secondary N) is 1. The highest BCUT2D eigenvalue weighted by atomic mass is 35.5. The summed E-state index contributed by atoms with van der Waals surface area (Å²) in [7, 11) is 0. The molecule has 0 aromatic heterocycles. The molecule has 1 aliphatic heterocycles. The lowest BCUT2D eigenvalue weighted by molar-refractivity contribution is 0.103. The smallest absolute Gasteiger partial charge is 0.0701 e. The molecule has 1 N–H and O–H groups in total. The van der Waals surface area contributed by atoms with Gasteiger partial charge in [-0.1, -0.05) is 18.2 Å². The average Bonchev–Trinajstić information content (AvgIpc) is 2.28. The van der Waals surface area contributed by atoms with Gasteiger partial charge in [-0.15, -0.1) is 0 Å². The summed E-state index contributed by atoms with van der Waals surface area (Å²) in [6.45, 7) is 6.92. The van der Waals surface area contributed by atoms with Crippen LogP contribution >= 0.6 is 11.6 Å². The van der Waals surface area contributed by atoms with Crippen molar-refractivity contribution in [1.29, 1.82) is 0 Å². The summed E-state index contributed by atoms with van der Waals surface area (Å²) in [4.78, 5) is 0. The molecule has 1 heterocycles.